The number of alkyl halides is 3. The molecule has 2 aromatic heterocycles. The van der Waals surface area contributed by atoms with Gasteiger partial charge in [-0.1, -0.05) is 17.7 Å². The zero-order valence-corrected chi connectivity index (χ0v) is 17.1. The Morgan fingerprint density at radius 3 is 2.69 bits per heavy atom. The molecule has 0 atom stereocenters. The van der Waals surface area contributed by atoms with Crippen LogP contribution in [0.25, 0.3) is 9.88 Å². The number of nitrogens with zero attached hydrogens (tertiary/aromatic N) is 1. The molecule has 0 saturated carbocycles. The lowest BCUT2D eigenvalue weighted by Crippen LogP contribution is -2.22. The number of hydrogen-bond donors (Lipinski definition) is 1. The Bertz CT molecular complexity index is 1050. The first-order valence-corrected chi connectivity index (χ1v) is 10.1. The first-order chi connectivity index (χ1) is 13.6. The van der Waals surface area contributed by atoms with E-state index in [1.807, 2.05) is 17.5 Å². The summed E-state index contributed by atoms with van der Waals surface area (Å²) in [7, 11) is 0. The van der Waals surface area contributed by atoms with Crippen molar-refractivity contribution in [1.29, 1.82) is 0 Å². The molecule has 0 aliphatic heterocycles. The van der Waals surface area contributed by atoms with E-state index in [9.17, 15) is 22.8 Å². The van der Waals surface area contributed by atoms with E-state index >= 15 is 0 Å². The Morgan fingerprint density at radius 2 is 2.03 bits per heavy atom. The summed E-state index contributed by atoms with van der Waals surface area (Å²) in [4.78, 5) is 29.7. The van der Waals surface area contributed by atoms with Gasteiger partial charge in [-0.15, -0.1) is 22.7 Å². The Balaban J connectivity index is 1.65. The van der Waals surface area contributed by atoms with Gasteiger partial charge in [-0.3, -0.25) is 4.79 Å². The molecule has 29 heavy (non-hydrogen) atoms. The number of aryl methyl sites for hydroxylation is 1. The minimum Gasteiger partial charge on any atom is -0.451 e. The van der Waals surface area contributed by atoms with Crippen LogP contribution in [-0.2, 0) is 15.7 Å². The van der Waals surface area contributed by atoms with Crippen molar-refractivity contribution < 1.29 is 27.5 Å². The minimum absolute atomic E-state index is 0.121. The third-order valence-electron chi connectivity index (χ3n) is 3.61. The Morgan fingerprint density at radius 1 is 1.28 bits per heavy atom. The molecule has 3 aromatic rings. The van der Waals surface area contributed by atoms with Crippen LogP contribution in [0.5, 0.6) is 0 Å². The molecule has 0 spiro atoms. The number of thiophene rings is 1. The highest BCUT2D eigenvalue weighted by Crippen LogP contribution is 2.36. The quantitative estimate of drug-likeness (QED) is 0.500. The van der Waals surface area contributed by atoms with Crippen molar-refractivity contribution in [3.8, 4) is 9.88 Å². The molecule has 0 fully saturated rings. The molecule has 1 aromatic carbocycles. The number of amides is 1. The average molecular weight is 461 g/mol. The van der Waals surface area contributed by atoms with Crippen LogP contribution < -0.4 is 5.32 Å². The van der Waals surface area contributed by atoms with Crippen molar-refractivity contribution in [2.75, 3.05) is 11.9 Å². The maximum absolute atomic E-state index is 13.1. The van der Waals surface area contributed by atoms with Gasteiger partial charge in [0, 0.05) is 5.02 Å². The third-order valence-corrected chi connectivity index (χ3v) is 6.02. The fourth-order valence-corrected chi connectivity index (χ4v) is 4.26. The van der Waals surface area contributed by atoms with Gasteiger partial charge in [0.1, 0.15) is 9.88 Å². The lowest BCUT2D eigenvalue weighted by Gasteiger charge is -2.14. The summed E-state index contributed by atoms with van der Waals surface area (Å²) in [5, 5.41) is 4.49. The summed E-state index contributed by atoms with van der Waals surface area (Å²) in [6.07, 6.45) is -4.71. The molecular formula is C18H12ClF3N2O3S2. The Labute approximate surface area is 176 Å². The summed E-state index contributed by atoms with van der Waals surface area (Å²) < 4.78 is 44.2. The largest absolute Gasteiger partial charge is 0.451 e. The number of halogens is 4. The lowest BCUT2D eigenvalue weighted by atomic mass is 10.1. The van der Waals surface area contributed by atoms with E-state index in [2.05, 4.69) is 10.3 Å². The summed E-state index contributed by atoms with van der Waals surface area (Å²) in [6.45, 7) is 0.887. The molecule has 5 nitrogen and oxygen atoms in total. The van der Waals surface area contributed by atoms with Gasteiger partial charge in [0.25, 0.3) is 5.91 Å². The van der Waals surface area contributed by atoms with Gasteiger partial charge in [-0.25, -0.2) is 9.78 Å². The SMILES string of the molecule is Cc1nc(-c2cccs2)sc1C(=O)OCC(=O)Nc1ccc(Cl)cc1C(F)(F)F. The van der Waals surface area contributed by atoms with E-state index in [4.69, 9.17) is 16.3 Å². The number of aromatic nitrogens is 1. The molecule has 11 heteroatoms. The van der Waals surface area contributed by atoms with Crippen molar-refractivity contribution in [3.63, 3.8) is 0 Å². The highest BCUT2D eigenvalue weighted by molar-refractivity contribution is 7.22. The van der Waals surface area contributed by atoms with Crippen LogP contribution in [0.2, 0.25) is 5.02 Å². The Kier molecular flexibility index (Phi) is 6.25. The summed E-state index contributed by atoms with van der Waals surface area (Å²) >= 11 is 8.18. The number of rotatable bonds is 5. The smallest absolute Gasteiger partial charge is 0.418 e. The van der Waals surface area contributed by atoms with Crippen LogP contribution in [0.15, 0.2) is 35.7 Å². The highest BCUT2D eigenvalue weighted by atomic mass is 35.5. The number of carbonyl (C=O) groups excluding carboxylic acids is 2. The molecule has 0 saturated heterocycles. The van der Waals surface area contributed by atoms with E-state index in [0.29, 0.717) is 16.8 Å². The fourth-order valence-electron chi connectivity index (χ4n) is 2.33. The zero-order chi connectivity index (χ0) is 21.2. The van der Waals surface area contributed by atoms with E-state index in [-0.39, 0.29) is 9.90 Å². The fraction of sp³-hybridized carbons (Fsp3) is 0.167. The van der Waals surface area contributed by atoms with Crippen LogP contribution in [-0.4, -0.2) is 23.5 Å². The third kappa shape index (κ3) is 5.14. The predicted molar refractivity (Wildman–Crippen MR) is 106 cm³/mol. The van der Waals surface area contributed by atoms with E-state index in [0.717, 1.165) is 22.3 Å². The van der Waals surface area contributed by atoms with Crippen molar-refractivity contribution in [2.45, 2.75) is 13.1 Å². The molecule has 2 heterocycles. The molecule has 0 bridgehead atoms. The lowest BCUT2D eigenvalue weighted by molar-refractivity contribution is -0.137. The number of ether oxygens (including phenoxy) is 1. The summed E-state index contributed by atoms with van der Waals surface area (Å²) in [6, 6.07) is 6.66. The molecule has 0 unspecified atom stereocenters. The molecule has 3 rings (SSSR count). The molecular weight excluding hydrogens is 449 g/mol. The van der Waals surface area contributed by atoms with Crippen LogP contribution in [0.4, 0.5) is 18.9 Å². The van der Waals surface area contributed by atoms with Crippen molar-refractivity contribution in [3.05, 3.63) is 56.9 Å². The second kappa shape index (κ2) is 8.52. The number of benzene rings is 1. The number of anilines is 1. The monoisotopic (exact) mass is 460 g/mol. The van der Waals surface area contributed by atoms with E-state index < -0.39 is 35.9 Å². The number of esters is 1. The molecule has 1 amide bonds. The van der Waals surface area contributed by atoms with Gasteiger partial charge in [0.15, 0.2) is 6.61 Å². The maximum Gasteiger partial charge on any atom is 0.418 e. The molecule has 1 N–H and O–H groups in total. The number of hydrogen-bond acceptors (Lipinski definition) is 6. The van der Waals surface area contributed by atoms with Gasteiger partial charge in [-0.05, 0) is 36.6 Å². The maximum atomic E-state index is 13.1. The Hall–Kier alpha value is -2.43. The average Bonchev–Trinajstić information content (AvgIpc) is 3.30. The normalized spacial score (nSPS) is 11.3. The van der Waals surface area contributed by atoms with Crippen molar-refractivity contribution in [1.82, 2.24) is 4.98 Å². The molecule has 0 aliphatic rings. The zero-order valence-electron chi connectivity index (χ0n) is 14.7. The van der Waals surface area contributed by atoms with Gasteiger partial charge in [0.2, 0.25) is 0 Å². The number of carbonyl (C=O) groups is 2. The summed E-state index contributed by atoms with van der Waals surface area (Å²) in [5.74, 6) is -1.68. The minimum atomic E-state index is -4.71. The second-order valence-electron chi connectivity index (χ2n) is 5.72. The van der Waals surface area contributed by atoms with Crippen molar-refractivity contribution in [2.24, 2.45) is 0 Å². The van der Waals surface area contributed by atoms with Crippen LogP contribution in [0.1, 0.15) is 20.9 Å². The van der Waals surface area contributed by atoms with Crippen LogP contribution >= 0.6 is 34.3 Å². The topological polar surface area (TPSA) is 68.3 Å². The highest BCUT2D eigenvalue weighted by Gasteiger charge is 2.34. The first-order valence-electron chi connectivity index (χ1n) is 8.00. The second-order valence-corrected chi connectivity index (χ2v) is 8.11. The molecule has 0 radical (unpaired) electrons. The molecule has 0 aliphatic carbocycles. The summed E-state index contributed by atoms with van der Waals surface area (Å²) in [5.41, 5.74) is -1.12. The van der Waals surface area contributed by atoms with Crippen molar-refractivity contribution >= 4 is 51.8 Å². The van der Waals surface area contributed by atoms with Gasteiger partial charge >= 0.3 is 12.1 Å². The van der Waals surface area contributed by atoms with Gasteiger partial charge in [0.05, 0.1) is 21.8 Å². The van der Waals surface area contributed by atoms with Crippen LogP contribution in [0, 0.1) is 6.92 Å². The van der Waals surface area contributed by atoms with E-state index in [1.54, 1.807) is 6.92 Å². The van der Waals surface area contributed by atoms with Gasteiger partial charge in [-0.2, -0.15) is 13.2 Å². The molecule has 152 valence electrons. The first kappa shape index (κ1) is 21.3. The van der Waals surface area contributed by atoms with Gasteiger partial charge < -0.3 is 10.1 Å². The van der Waals surface area contributed by atoms with E-state index in [1.165, 1.54) is 17.4 Å². The number of nitrogens with one attached hydrogen (secondary N) is 1. The predicted octanol–water partition coefficient (Wildman–Crippen LogP) is 5.65. The number of thiazole rings is 1. The standard InChI is InChI=1S/C18H12ClF3N2O3S2/c1-9-15(29-16(23-9)13-3-2-6-28-13)17(26)27-8-14(25)24-12-5-4-10(19)7-11(12)18(20,21)22/h2-7H,8H2,1H3,(H,24,25). The van der Waals surface area contributed by atoms with Crippen LogP contribution in [0.3, 0.4) is 0 Å².